The van der Waals surface area contributed by atoms with Crippen LogP contribution in [0.15, 0.2) is 42.6 Å². The van der Waals surface area contributed by atoms with Crippen LogP contribution >= 0.6 is 0 Å². The summed E-state index contributed by atoms with van der Waals surface area (Å²) in [5.74, 6) is 1.01. The first-order valence-corrected chi connectivity index (χ1v) is 12.3. The van der Waals surface area contributed by atoms with Gasteiger partial charge in [-0.15, -0.1) is 0 Å². The van der Waals surface area contributed by atoms with Gasteiger partial charge in [0.2, 0.25) is 0 Å². The Balaban J connectivity index is 1.24. The van der Waals surface area contributed by atoms with E-state index in [1.54, 1.807) is 0 Å². The van der Waals surface area contributed by atoms with Crippen LogP contribution in [0.25, 0.3) is 0 Å². The smallest absolute Gasteiger partial charge is 0.318 e. The molecule has 5 unspecified atom stereocenters. The number of nitrogens with one attached hydrogen (secondary N) is 3. The maximum absolute atomic E-state index is 13.3. The number of nitrogens with zero attached hydrogens (tertiary/aromatic N) is 2. The van der Waals surface area contributed by atoms with Gasteiger partial charge in [0.1, 0.15) is 0 Å². The lowest BCUT2D eigenvalue weighted by atomic mass is 9.71. The van der Waals surface area contributed by atoms with E-state index < -0.39 is 0 Å². The van der Waals surface area contributed by atoms with E-state index in [2.05, 4.69) is 69.4 Å². The van der Waals surface area contributed by atoms with E-state index in [0.29, 0.717) is 23.9 Å². The summed E-state index contributed by atoms with van der Waals surface area (Å²) >= 11 is 0. The van der Waals surface area contributed by atoms with Crippen LogP contribution in [-0.4, -0.2) is 34.5 Å². The first-order chi connectivity index (χ1) is 15.7. The van der Waals surface area contributed by atoms with Crippen LogP contribution in [-0.2, 0) is 6.42 Å². The summed E-state index contributed by atoms with van der Waals surface area (Å²) < 4.78 is 0. The maximum Gasteiger partial charge on any atom is 0.318 e. The van der Waals surface area contributed by atoms with Crippen molar-refractivity contribution in [1.29, 1.82) is 0 Å². The standard InChI is InChI=1S/C26H33N5O/c1-16-12-18(10-11-27-16)25-21-13-19-15-31(26(32)28-22(19)14-23(21)29-30-25)24-9-5-3-7-17-6-2-4-8-20(17)24/h2,4,6,8,10-12,19,21-25,29-30H,3,5,7,9,13-15H2,1H3,(H,28,32)/t19?,21?,22?,23?,24-,25?/m1/s1. The van der Waals surface area contributed by atoms with Crippen molar-refractivity contribution in [3.8, 4) is 0 Å². The molecule has 6 heteroatoms. The Morgan fingerprint density at radius 3 is 2.88 bits per heavy atom. The molecule has 3 N–H and O–H groups in total. The van der Waals surface area contributed by atoms with Crippen LogP contribution in [0.3, 0.4) is 0 Å². The van der Waals surface area contributed by atoms with Gasteiger partial charge in [-0.05, 0) is 79.7 Å². The second-order valence-electron chi connectivity index (χ2n) is 10.2. The van der Waals surface area contributed by atoms with Gasteiger partial charge in [0, 0.05) is 30.5 Å². The van der Waals surface area contributed by atoms with Crippen molar-refractivity contribution < 1.29 is 4.79 Å². The first-order valence-electron chi connectivity index (χ1n) is 12.3. The van der Waals surface area contributed by atoms with Crippen molar-refractivity contribution in [3.05, 3.63) is 65.0 Å². The third kappa shape index (κ3) is 3.50. The van der Waals surface area contributed by atoms with Gasteiger partial charge in [-0.3, -0.25) is 10.4 Å². The van der Waals surface area contributed by atoms with E-state index >= 15 is 0 Å². The monoisotopic (exact) mass is 431 g/mol. The van der Waals surface area contributed by atoms with Gasteiger partial charge in [0.05, 0.1) is 12.1 Å². The SMILES string of the molecule is Cc1cc(C2NNC3CC4NC(=O)N([C@@H]5CCCCc6ccccc65)CC4CC32)ccn1. The summed E-state index contributed by atoms with van der Waals surface area (Å²) in [6.45, 7) is 2.92. The van der Waals surface area contributed by atoms with Gasteiger partial charge < -0.3 is 10.2 Å². The average Bonchev–Trinajstić information content (AvgIpc) is 3.08. The van der Waals surface area contributed by atoms with Crippen molar-refractivity contribution >= 4 is 6.03 Å². The number of carbonyl (C=O) groups excluding carboxylic acids is 1. The minimum absolute atomic E-state index is 0.124. The van der Waals surface area contributed by atoms with Gasteiger partial charge in [-0.25, -0.2) is 10.2 Å². The second-order valence-corrected chi connectivity index (χ2v) is 10.2. The molecule has 2 aliphatic heterocycles. The number of hydrogen-bond acceptors (Lipinski definition) is 4. The van der Waals surface area contributed by atoms with E-state index in [4.69, 9.17) is 0 Å². The molecular weight excluding hydrogens is 398 g/mol. The van der Waals surface area contributed by atoms with Crippen LogP contribution in [0.2, 0.25) is 0 Å². The number of amides is 2. The Morgan fingerprint density at radius 2 is 1.97 bits per heavy atom. The third-order valence-electron chi connectivity index (χ3n) is 8.27. The summed E-state index contributed by atoms with van der Waals surface area (Å²) in [7, 11) is 0. The summed E-state index contributed by atoms with van der Waals surface area (Å²) in [6, 6.07) is 14.4. The quantitative estimate of drug-likeness (QED) is 0.633. The van der Waals surface area contributed by atoms with Crippen LogP contribution in [0.4, 0.5) is 4.79 Å². The molecule has 0 radical (unpaired) electrons. The number of pyridine rings is 1. The van der Waals surface area contributed by atoms with Gasteiger partial charge in [-0.1, -0.05) is 30.7 Å². The van der Waals surface area contributed by atoms with E-state index in [1.165, 1.54) is 29.5 Å². The molecule has 2 saturated heterocycles. The van der Waals surface area contributed by atoms with Crippen molar-refractivity contribution in [2.45, 2.75) is 69.6 Å². The molecule has 0 bridgehead atoms. The predicted octanol–water partition coefficient (Wildman–Crippen LogP) is 3.80. The molecule has 0 spiro atoms. The van der Waals surface area contributed by atoms with Gasteiger partial charge in [0.15, 0.2) is 0 Å². The Kier molecular flexibility index (Phi) is 5.15. The number of aryl methyl sites for hydroxylation is 2. The van der Waals surface area contributed by atoms with Crippen molar-refractivity contribution in [3.63, 3.8) is 0 Å². The number of carbonyl (C=O) groups is 1. The van der Waals surface area contributed by atoms with Crippen molar-refractivity contribution in [1.82, 2.24) is 26.1 Å². The fourth-order valence-corrected chi connectivity index (χ4v) is 6.69. The van der Waals surface area contributed by atoms with E-state index in [-0.39, 0.29) is 18.1 Å². The molecule has 6 nitrogen and oxygen atoms in total. The molecule has 3 fully saturated rings. The molecule has 1 aromatic heterocycles. The lowest BCUT2D eigenvalue weighted by Gasteiger charge is -2.48. The highest BCUT2D eigenvalue weighted by molar-refractivity contribution is 5.76. The van der Waals surface area contributed by atoms with Crippen LogP contribution < -0.4 is 16.2 Å². The van der Waals surface area contributed by atoms with Gasteiger partial charge in [0.25, 0.3) is 0 Å². The predicted molar refractivity (Wildman–Crippen MR) is 124 cm³/mol. The Labute approximate surface area is 190 Å². The number of urea groups is 1. The third-order valence-corrected chi connectivity index (χ3v) is 8.27. The van der Waals surface area contributed by atoms with Crippen LogP contribution in [0.5, 0.6) is 0 Å². The Hall–Kier alpha value is -2.44. The Morgan fingerprint density at radius 1 is 1.06 bits per heavy atom. The highest BCUT2D eigenvalue weighted by atomic mass is 16.2. The molecule has 2 aliphatic carbocycles. The molecular formula is C26H33N5O. The van der Waals surface area contributed by atoms with Crippen LogP contribution in [0, 0.1) is 18.8 Å². The fraction of sp³-hybridized carbons (Fsp3) is 0.538. The zero-order valence-corrected chi connectivity index (χ0v) is 18.8. The minimum atomic E-state index is 0.124. The van der Waals surface area contributed by atoms with Crippen molar-refractivity contribution in [2.24, 2.45) is 11.8 Å². The van der Waals surface area contributed by atoms with E-state index in [0.717, 1.165) is 37.9 Å². The number of hydrazine groups is 1. The highest BCUT2D eigenvalue weighted by Crippen LogP contribution is 2.43. The molecule has 2 aromatic rings. The van der Waals surface area contributed by atoms with Gasteiger partial charge in [-0.2, -0.15) is 0 Å². The minimum Gasteiger partial charge on any atom is -0.335 e. The zero-order valence-electron chi connectivity index (χ0n) is 18.8. The second kappa shape index (κ2) is 8.16. The largest absolute Gasteiger partial charge is 0.335 e. The maximum atomic E-state index is 13.3. The number of aromatic nitrogens is 1. The molecule has 6 atom stereocenters. The van der Waals surface area contributed by atoms with E-state index in [1.807, 2.05) is 6.20 Å². The fourth-order valence-electron chi connectivity index (χ4n) is 6.69. The average molecular weight is 432 g/mol. The molecule has 2 amide bonds. The number of hydrogen-bond donors (Lipinski definition) is 3. The molecule has 168 valence electrons. The number of fused-ring (bicyclic) bond motifs is 3. The van der Waals surface area contributed by atoms with Crippen molar-refractivity contribution in [2.75, 3.05) is 6.54 Å². The zero-order chi connectivity index (χ0) is 21.7. The summed E-state index contributed by atoms with van der Waals surface area (Å²) in [5, 5.41) is 3.40. The van der Waals surface area contributed by atoms with Gasteiger partial charge >= 0.3 is 6.03 Å². The van der Waals surface area contributed by atoms with Crippen LogP contribution in [0.1, 0.15) is 66.6 Å². The molecule has 4 aliphatic rings. The van der Waals surface area contributed by atoms with E-state index in [9.17, 15) is 4.79 Å². The normalized spacial score (nSPS) is 34.2. The molecule has 1 saturated carbocycles. The lowest BCUT2D eigenvalue weighted by molar-refractivity contribution is 0.0778. The summed E-state index contributed by atoms with van der Waals surface area (Å²) in [5.41, 5.74) is 12.2. The lowest BCUT2D eigenvalue weighted by Crippen LogP contribution is -2.61. The number of rotatable bonds is 2. The highest BCUT2D eigenvalue weighted by Gasteiger charge is 2.48. The first kappa shape index (κ1) is 20.2. The summed E-state index contributed by atoms with van der Waals surface area (Å²) in [4.78, 5) is 19.8. The number of benzene rings is 1. The topological polar surface area (TPSA) is 69.3 Å². The molecule has 6 rings (SSSR count). The molecule has 32 heavy (non-hydrogen) atoms. The Bertz CT molecular complexity index is 1010. The molecule has 3 heterocycles. The summed E-state index contributed by atoms with van der Waals surface area (Å²) in [6.07, 6.45) is 8.61. The molecule has 1 aromatic carbocycles.